The zero-order valence-corrected chi connectivity index (χ0v) is 12.2. The molecule has 0 radical (unpaired) electrons. The fourth-order valence-electron chi connectivity index (χ4n) is 1.48. The Balaban J connectivity index is 3.36. The molecule has 0 spiro atoms. The third kappa shape index (κ3) is 4.84. The molecule has 0 fully saturated rings. The molecule has 124 valence electrons. The molecule has 4 N–H and O–H groups in total. The van der Waals surface area contributed by atoms with Crippen molar-refractivity contribution < 1.29 is 29.1 Å². The highest BCUT2D eigenvalue weighted by Gasteiger charge is 2.22. The van der Waals surface area contributed by atoms with Gasteiger partial charge < -0.3 is 20.3 Å². The van der Waals surface area contributed by atoms with Crippen LogP contribution in [0.5, 0.6) is 11.5 Å². The number of primary amides is 1. The van der Waals surface area contributed by atoms with Crippen LogP contribution in [-0.2, 0) is 4.79 Å². The number of carbonyl (C=O) groups is 2. The van der Waals surface area contributed by atoms with Gasteiger partial charge in [0.1, 0.15) is 0 Å². The minimum atomic E-state index is -1.25. The van der Waals surface area contributed by atoms with Crippen molar-refractivity contribution in [1.82, 2.24) is 5.43 Å². The molecule has 11 nitrogen and oxygen atoms in total. The Labute approximate surface area is 129 Å². The molecular weight excluding hydrogens is 312 g/mol. The van der Waals surface area contributed by atoms with E-state index < -0.39 is 23.0 Å². The van der Waals surface area contributed by atoms with Gasteiger partial charge in [0, 0.05) is 11.6 Å². The highest BCUT2D eigenvalue weighted by Crippen LogP contribution is 2.35. The Kier molecular flexibility index (Phi) is 5.83. The average Bonchev–Trinajstić information content (AvgIpc) is 2.47. The molecule has 11 heteroatoms. The number of nitrogens with zero attached hydrogens (tertiary/aromatic N) is 2. The lowest BCUT2D eigenvalue weighted by atomic mass is 10.1. The van der Waals surface area contributed by atoms with Crippen molar-refractivity contribution >= 4 is 23.9 Å². The Hall–Kier alpha value is -3.37. The highest BCUT2D eigenvalue weighted by atomic mass is 16.6. The van der Waals surface area contributed by atoms with Crippen molar-refractivity contribution in [2.45, 2.75) is 13.0 Å². The van der Waals surface area contributed by atoms with Crippen molar-refractivity contribution in [3.05, 3.63) is 27.8 Å². The first-order valence-electron chi connectivity index (χ1n) is 6.10. The summed E-state index contributed by atoms with van der Waals surface area (Å²) < 4.78 is 10.2. The summed E-state index contributed by atoms with van der Waals surface area (Å²) in [6.07, 6.45) is -0.230. The second kappa shape index (κ2) is 7.59. The zero-order chi connectivity index (χ0) is 17.6. The average molecular weight is 326 g/mol. The molecule has 1 rings (SSSR count). The Morgan fingerprint density at radius 1 is 1.52 bits per heavy atom. The molecule has 23 heavy (non-hydrogen) atoms. The molecule has 2 amide bonds. The third-order valence-corrected chi connectivity index (χ3v) is 2.52. The number of nitro benzene ring substituents is 1. The number of carbonyl (C=O) groups excluding carboxylic acids is 1. The summed E-state index contributed by atoms with van der Waals surface area (Å²) in [6, 6.07) is 1.21. The standard InChI is InChI=1S/C12H14N4O7/c1-6(11(17)18)23-10-7(5-14-15-12(13)19)3-8(16(20)21)4-9(10)22-2/h3-6H,1-2H3,(H,17,18)(H3,13,15,19). The lowest BCUT2D eigenvalue weighted by Crippen LogP contribution is -2.25. The van der Waals surface area contributed by atoms with Gasteiger partial charge in [-0.25, -0.2) is 15.0 Å². The predicted molar refractivity (Wildman–Crippen MR) is 77.7 cm³/mol. The summed E-state index contributed by atoms with van der Waals surface area (Å²) in [5.74, 6) is -1.39. The fourth-order valence-corrected chi connectivity index (χ4v) is 1.48. The number of hydrogen-bond acceptors (Lipinski definition) is 7. The van der Waals surface area contributed by atoms with Crippen molar-refractivity contribution in [3.63, 3.8) is 0 Å². The van der Waals surface area contributed by atoms with Crippen molar-refractivity contribution in [2.75, 3.05) is 7.11 Å². The van der Waals surface area contributed by atoms with Crippen LogP contribution in [0.3, 0.4) is 0 Å². The number of rotatable bonds is 7. The quantitative estimate of drug-likeness (QED) is 0.371. The monoisotopic (exact) mass is 326 g/mol. The van der Waals surface area contributed by atoms with Crippen LogP contribution >= 0.6 is 0 Å². The van der Waals surface area contributed by atoms with Crippen LogP contribution in [-0.4, -0.2) is 41.5 Å². The SMILES string of the molecule is COc1cc([N+](=O)[O-])cc(C=NNC(N)=O)c1OC(C)C(=O)O. The van der Waals surface area contributed by atoms with E-state index in [1.807, 2.05) is 5.43 Å². The molecule has 0 heterocycles. The smallest absolute Gasteiger partial charge is 0.344 e. The molecule has 0 saturated carbocycles. The van der Waals surface area contributed by atoms with Gasteiger partial charge in [0.15, 0.2) is 17.6 Å². The number of nitrogens with two attached hydrogens (primary N) is 1. The first-order valence-corrected chi connectivity index (χ1v) is 6.10. The van der Waals surface area contributed by atoms with E-state index in [9.17, 15) is 19.7 Å². The van der Waals surface area contributed by atoms with Crippen LogP contribution < -0.4 is 20.6 Å². The van der Waals surface area contributed by atoms with E-state index in [0.29, 0.717) is 0 Å². The van der Waals surface area contributed by atoms with Gasteiger partial charge in [-0.05, 0) is 6.92 Å². The van der Waals surface area contributed by atoms with E-state index in [-0.39, 0.29) is 22.7 Å². The molecule has 0 aliphatic heterocycles. The van der Waals surface area contributed by atoms with Crippen LogP contribution in [0.1, 0.15) is 12.5 Å². The van der Waals surface area contributed by atoms with E-state index in [1.54, 1.807) is 0 Å². The first kappa shape index (κ1) is 17.7. The molecule has 1 aromatic rings. The third-order valence-electron chi connectivity index (χ3n) is 2.52. The number of methoxy groups -OCH3 is 1. The summed E-state index contributed by atoms with van der Waals surface area (Å²) in [6.45, 7) is 1.27. The summed E-state index contributed by atoms with van der Waals surface area (Å²) in [7, 11) is 1.24. The van der Waals surface area contributed by atoms with E-state index >= 15 is 0 Å². The second-order valence-corrected chi connectivity index (χ2v) is 4.16. The molecule has 0 aliphatic rings. The minimum absolute atomic E-state index is 0.0258. The molecule has 0 aliphatic carbocycles. The van der Waals surface area contributed by atoms with Crippen LogP contribution in [0.2, 0.25) is 0 Å². The number of carboxylic acid groups (broad SMARTS) is 1. The van der Waals surface area contributed by atoms with Crippen LogP contribution in [0.25, 0.3) is 0 Å². The van der Waals surface area contributed by atoms with E-state index in [2.05, 4.69) is 5.10 Å². The normalized spacial score (nSPS) is 11.7. The fraction of sp³-hybridized carbons (Fsp3) is 0.250. The Bertz CT molecular complexity index is 659. The number of urea groups is 1. The number of nitro groups is 1. The van der Waals surface area contributed by atoms with Crippen LogP contribution in [0, 0.1) is 10.1 Å². The van der Waals surface area contributed by atoms with Crippen molar-refractivity contribution in [3.8, 4) is 11.5 Å². The molecule has 1 unspecified atom stereocenters. The van der Waals surface area contributed by atoms with E-state index in [1.165, 1.54) is 14.0 Å². The van der Waals surface area contributed by atoms with Gasteiger partial charge in [-0.1, -0.05) is 0 Å². The maximum Gasteiger partial charge on any atom is 0.344 e. The second-order valence-electron chi connectivity index (χ2n) is 4.16. The van der Waals surface area contributed by atoms with Gasteiger partial charge in [-0.2, -0.15) is 5.10 Å². The van der Waals surface area contributed by atoms with E-state index in [0.717, 1.165) is 18.3 Å². The number of non-ortho nitro benzene ring substituents is 1. The maximum absolute atomic E-state index is 10.9. The Morgan fingerprint density at radius 2 is 2.17 bits per heavy atom. The van der Waals surface area contributed by atoms with Gasteiger partial charge >= 0.3 is 12.0 Å². The van der Waals surface area contributed by atoms with Gasteiger partial charge in [0.2, 0.25) is 0 Å². The zero-order valence-electron chi connectivity index (χ0n) is 12.2. The number of nitrogens with one attached hydrogen (secondary N) is 1. The number of hydrazone groups is 1. The topological polar surface area (TPSA) is 166 Å². The summed E-state index contributed by atoms with van der Waals surface area (Å²) >= 11 is 0. The molecule has 1 atom stereocenters. The lowest BCUT2D eigenvalue weighted by molar-refractivity contribution is -0.385. The van der Waals surface area contributed by atoms with Crippen LogP contribution in [0.15, 0.2) is 17.2 Å². The van der Waals surface area contributed by atoms with Gasteiger partial charge in [0.05, 0.1) is 24.3 Å². The number of amides is 2. The van der Waals surface area contributed by atoms with Gasteiger partial charge in [-0.3, -0.25) is 10.1 Å². The number of ether oxygens (including phenoxy) is 2. The van der Waals surface area contributed by atoms with E-state index in [4.69, 9.17) is 20.3 Å². The molecule has 1 aromatic carbocycles. The number of hydrogen-bond donors (Lipinski definition) is 3. The number of aliphatic carboxylic acids is 1. The summed E-state index contributed by atoms with van der Waals surface area (Å²) in [5.41, 5.74) is 6.44. The van der Waals surface area contributed by atoms with Crippen molar-refractivity contribution in [1.29, 1.82) is 0 Å². The number of carboxylic acids is 1. The summed E-state index contributed by atoms with van der Waals surface area (Å²) in [5, 5.41) is 23.3. The first-order chi connectivity index (χ1) is 10.8. The lowest BCUT2D eigenvalue weighted by Gasteiger charge is -2.15. The molecule has 0 aromatic heterocycles. The molecule has 0 saturated heterocycles. The predicted octanol–water partition coefficient (Wildman–Crippen LogP) is 0.458. The molecular formula is C12H14N4O7. The van der Waals surface area contributed by atoms with Gasteiger partial charge in [-0.15, -0.1) is 0 Å². The van der Waals surface area contributed by atoms with Crippen LogP contribution in [0.4, 0.5) is 10.5 Å². The number of benzene rings is 1. The largest absolute Gasteiger partial charge is 0.493 e. The van der Waals surface area contributed by atoms with Gasteiger partial charge in [0.25, 0.3) is 5.69 Å². The minimum Gasteiger partial charge on any atom is -0.493 e. The maximum atomic E-state index is 10.9. The molecule has 0 bridgehead atoms. The highest BCUT2D eigenvalue weighted by molar-refractivity contribution is 5.87. The summed E-state index contributed by atoms with van der Waals surface area (Å²) in [4.78, 5) is 31.8. The Morgan fingerprint density at radius 3 is 2.65 bits per heavy atom. The van der Waals surface area contributed by atoms with Crippen molar-refractivity contribution in [2.24, 2.45) is 10.8 Å².